The van der Waals surface area contributed by atoms with Crippen LogP contribution in [0.3, 0.4) is 0 Å². The summed E-state index contributed by atoms with van der Waals surface area (Å²) in [5.74, 6) is 1.87. The van der Waals surface area contributed by atoms with Crippen LogP contribution in [0.2, 0.25) is 0 Å². The van der Waals surface area contributed by atoms with E-state index in [-0.39, 0.29) is 5.60 Å². The number of rotatable bonds is 2. The van der Waals surface area contributed by atoms with Gasteiger partial charge in [0.25, 0.3) is 0 Å². The molecule has 4 rings (SSSR count). The lowest BCUT2D eigenvalue weighted by Crippen LogP contribution is -2.55. The maximum Gasteiger partial charge on any atom is 0.139 e. The van der Waals surface area contributed by atoms with Gasteiger partial charge in [0, 0.05) is 11.8 Å². The predicted octanol–water partition coefficient (Wildman–Crippen LogP) is 2.29. The molecule has 2 nitrogen and oxygen atoms in total. The minimum atomic E-state index is -0.00778. The lowest BCUT2D eigenvalue weighted by Gasteiger charge is -2.54. The first kappa shape index (κ1) is 8.51. The lowest BCUT2D eigenvalue weighted by molar-refractivity contribution is -0.162. The van der Waals surface area contributed by atoms with Crippen LogP contribution in [0.5, 0.6) is 0 Å². The molecule has 0 saturated heterocycles. The summed E-state index contributed by atoms with van der Waals surface area (Å²) in [6.07, 6.45) is 6.86. The highest BCUT2D eigenvalue weighted by atomic mass is 16.5. The van der Waals surface area contributed by atoms with E-state index in [1.807, 2.05) is 0 Å². The molecular formula is C12H16O2. The fourth-order valence-electron chi connectivity index (χ4n) is 4.00. The van der Waals surface area contributed by atoms with Crippen LogP contribution in [0.1, 0.15) is 32.1 Å². The van der Waals surface area contributed by atoms with E-state index in [1.54, 1.807) is 6.26 Å². The molecule has 2 atom stereocenters. The lowest BCUT2D eigenvalue weighted by atomic mass is 9.53. The average Bonchev–Trinajstić information content (AvgIpc) is 2.12. The van der Waals surface area contributed by atoms with Crippen molar-refractivity contribution in [2.45, 2.75) is 37.7 Å². The zero-order valence-electron chi connectivity index (χ0n) is 8.37. The van der Waals surface area contributed by atoms with E-state index in [0.717, 1.165) is 38.0 Å². The van der Waals surface area contributed by atoms with Crippen LogP contribution in [0, 0.1) is 17.8 Å². The summed E-state index contributed by atoms with van der Waals surface area (Å²) in [6, 6.07) is 0. The monoisotopic (exact) mass is 192 g/mol. The van der Waals surface area contributed by atoms with Crippen molar-refractivity contribution in [1.29, 1.82) is 0 Å². The van der Waals surface area contributed by atoms with E-state index in [2.05, 4.69) is 6.58 Å². The van der Waals surface area contributed by atoms with E-state index in [1.165, 1.54) is 0 Å². The first-order valence-electron chi connectivity index (χ1n) is 5.55. The Morgan fingerprint density at radius 3 is 2.50 bits per heavy atom. The van der Waals surface area contributed by atoms with Gasteiger partial charge in [-0.25, -0.2) is 0 Å². The van der Waals surface area contributed by atoms with Crippen LogP contribution in [0.15, 0.2) is 12.8 Å². The Morgan fingerprint density at radius 1 is 1.29 bits per heavy atom. The van der Waals surface area contributed by atoms with E-state index in [0.29, 0.717) is 17.6 Å². The minimum absolute atomic E-state index is 0.00778. The second kappa shape index (κ2) is 2.62. The summed E-state index contributed by atoms with van der Waals surface area (Å²) < 4.78 is 5.70. The van der Waals surface area contributed by atoms with Gasteiger partial charge >= 0.3 is 0 Å². The van der Waals surface area contributed by atoms with Crippen LogP contribution in [0.25, 0.3) is 0 Å². The van der Waals surface area contributed by atoms with Crippen LogP contribution in [-0.2, 0) is 9.53 Å². The van der Waals surface area contributed by atoms with Gasteiger partial charge in [0.05, 0.1) is 6.26 Å². The number of carbonyl (C=O) groups excluding carboxylic acids is 1. The molecule has 4 bridgehead atoms. The summed E-state index contributed by atoms with van der Waals surface area (Å²) in [7, 11) is 0. The van der Waals surface area contributed by atoms with Crippen LogP contribution in [-0.4, -0.2) is 11.4 Å². The topological polar surface area (TPSA) is 26.3 Å². The zero-order valence-corrected chi connectivity index (χ0v) is 8.37. The van der Waals surface area contributed by atoms with Crippen molar-refractivity contribution in [3.63, 3.8) is 0 Å². The van der Waals surface area contributed by atoms with Crippen molar-refractivity contribution >= 4 is 5.78 Å². The molecule has 0 radical (unpaired) electrons. The molecule has 0 spiro atoms. The third-order valence-corrected chi connectivity index (χ3v) is 4.27. The van der Waals surface area contributed by atoms with Crippen molar-refractivity contribution in [3.05, 3.63) is 12.8 Å². The molecule has 0 heterocycles. The quantitative estimate of drug-likeness (QED) is 0.627. The number of ether oxygens (including phenoxy) is 1. The number of carbonyl (C=O) groups is 1. The van der Waals surface area contributed by atoms with Crippen molar-refractivity contribution in [3.8, 4) is 0 Å². The maximum absolute atomic E-state index is 11.8. The first-order chi connectivity index (χ1) is 6.72. The standard InChI is InChI=1S/C12H16O2/c1-2-14-12-5-8-3-9(6-12)11(13)10(4-8)7-12/h2,8-10H,1,3-7H2. The Balaban J connectivity index is 1.92. The molecule has 0 aromatic rings. The summed E-state index contributed by atoms with van der Waals surface area (Å²) in [5, 5.41) is 0. The molecule has 0 aromatic carbocycles. The van der Waals surface area contributed by atoms with Gasteiger partial charge in [-0.3, -0.25) is 4.79 Å². The molecule has 0 amide bonds. The largest absolute Gasteiger partial charge is 0.495 e. The molecule has 0 N–H and O–H groups in total. The highest BCUT2D eigenvalue weighted by Gasteiger charge is 2.56. The number of Topliss-reactive ketones (excluding diaryl/α,β-unsaturated/α-hetero) is 1. The Labute approximate surface area is 84.3 Å². The highest BCUT2D eigenvalue weighted by molar-refractivity contribution is 5.85. The summed E-state index contributed by atoms with van der Waals surface area (Å²) in [5.41, 5.74) is -0.00778. The third kappa shape index (κ3) is 0.999. The van der Waals surface area contributed by atoms with Crippen molar-refractivity contribution < 1.29 is 9.53 Å². The molecule has 76 valence electrons. The van der Waals surface area contributed by atoms with Crippen LogP contribution in [0.4, 0.5) is 0 Å². The van der Waals surface area contributed by atoms with Gasteiger partial charge < -0.3 is 4.74 Å². The molecule has 4 aliphatic rings. The molecule has 0 aliphatic heterocycles. The Morgan fingerprint density at radius 2 is 1.93 bits per heavy atom. The molecule has 4 saturated carbocycles. The van der Waals surface area contributed by atoms with Crippen molar-refractivity contribution in [2.75, 3.05) is 0 Å². The molecule has 2 unspecified atom stereocenters. The van der Waals surface area contributed by atoms with Gasteiger partial charge in [-0.1, -0.05) is 6.58 Å². The van der Waals surface area contributed by atoms with Crippen molar-refractivity contribution in [2.24, 2.45) is 17.8 Å². The highest BCUT2D eigenvalue weighted by Crippen LogP contribution is 2.55. The molecular weight excluding hydrogens is 176 g/mol. The van der Waals surface area contributed by atoms with Gasteiger partial charge in [0.2, 0.25) is 0 Å². The van der Waals surface area contributed by atoms with Gasteiger partial charge in [0.1, 0.15) is 11.4 Å². The molecule has 0 aromatic heterocycles. The fraction of sp³-hybridized carbons (Fsp3) is 0.750. The smallest absolute Gasteiger partial charge is 0.139 e. The van der Waals surface area contributed by atoms with Crippen molar-refractivity contribution in [1.82, 2.24) is 0 Å². The summed E-state index contributed by atoms with van der Waals surface area (Å²) >= 11 is 0. The number of ketones is 1. The summed E-state index contributed by atoms with van der Waals surface area (Å²) in [6.45, 7) is 3.65. The number of hydrogen-bond acceptors (Lipinski definition) is 2. The van der Waals surface area contributed by atoms with Crippen LogP contribution < -0.4 is 0 Å². The van der Waals surface area contributed by atoms with Gasteiger partial charge in [0.15, 0.2) is 0 Å². The second-order valence-electron chi connectivity index (χ2n) is 5.21. The molecule has 2 heteroatoms. The third-order valence-electron chi connectivity index (χ3n) is 4.27. The maximum atomic E-state index is 11.8. The van der Waals surface area contributed by atoms with Gasteiger partial charge in [-0.2, -0.15) is 0 Å². The predicted molar refractivity (Wildman–Crippen MR) is 52.6 cm³/mol. The Bertz CT molecular complexity index is 277. The van der Waals surface area contributed by atoms with Gasteiger partial charge in [-0.15, -0.1) is 0 Å². The van der Waals surface area contributed by atoms with Gasteiger partial charge in [-0.05, 0) is 38.0 Å². The normalized spacial score (nSPS) is 49.4. The molecule has 14 heavy (non-hydrogen) atoms. The molecule has 4 aliphatic carbocycles. The Kier molecular flexibility index (Phi) is 1.59. The number of hydrogen-bond donors (Lipinski definition) is 0. The first-order valence-corrected chi connectivity index (χ1v) is 5.55. The van der Waals surface area contributed by atoms with E-state index in [4.69, 9.17) is 4.74 Å². The Hall–Kier alpha value is -0.790. The summed E-state index contributed by atoms with van der Waals surface area (Å²) in [4.78, 5) is 11.8. The zero-order chi connectivity index (χ0) is 9.76. The van der Waals surface area contributed by atoms with E-state index < -0.39 is 0 Å². The average molecular weight is 192 g/mol. The molecule has 4 fully saturated rings. The fourth-order valence-corrected chi connectivity index (χ4v) is 4.00. The minimum Gasteiger partial charge on any atom is -0.495 e. The second-order valence-corrected chi connectivity index (χ2v) is 5.21. The van der Waals surface area contributed by atoms with Crippen LogP contribution >= 0.6 is 0 Å². The van der Waals surface area contributed by atoms with E-state index in [9.17, 15) is 4.79 Å². The SMILES string of the molecule is C=COC12CC3CC(C1)C(=O)C(C3)C2. The van der Waals surface area contributed by atoms with E-state index >= 15 is 0 Å².